The number of fused-ring (bicyclic) bond motifs is 1. The number of rotatable bonds is 4. The van der Waals surface area contributed by atoms with Crippen LogP contribution in [-0.4, -0.2) is 35.8 Å². The summed E-state index contributed by atoms with van der Waals surface area (Å²) >= 11 is 1.66. The van der Waals surface area contributed by atoms with E-state index in [1.807, 2.05) is 30.3 Å². The minimum absolute atomic E-state index is 0.0455. The molecule has 3 unspecified atom stereocenters. The monoisotopic (exact) mass is 411 g/mol. The van der Waals surface area contributed by atoms with E-state index in [0.717, 1.165) is 16.4 Å². The van der Waals surface area contributed by atoms with Crippen LogP contribution in [-0.2, 0) is 10.1 Å². The van der Waals surface area contributed by atoms with Crippen molar-refractivity contribution in [3.8, 4) is 11.5 Å². The Morgan fingerprint density at radius 2 is 1.81 bits per heavy atom. The molecule has 27 heavy (non-hydrogen) atoms. The lowest BCUT2D eigenvalue weighted by molar-refractivity contribution is 0.137. The summed E-state index contributed by atoms with van der Waals surface area (Å²) in [6, 6.07) is 16.4. The fourth-order valence-corrected chi connectivity index (χ4v) is 4.78. The second kappa shape index (κ2) is 9.98. The van der Waals surface area contributed by atoms with Gasteiger partial charge in [0.1, 0.15) is 11.5 Å². The minimum Gasteiger partial charge on any atom is -0.508 e. The van der Waals surface area contributed by atoms with E-state index in [1.165, 1.54) is 0 Å². The first kappa shape index (κ1) is 21.6. The van der Waals surface area contributed by atoms with Crippen LogP contribution >= 0.6 is 11.8 Å². The number of nitrogens with two attached hydrogens (primary N) is 1. The van der Waals surface area contributed by atoms with Crippen LogP contribution in [0.25, 0.3) is 0 Å². The van der Waals surface area contributed by atoms with E-state index < -0.39 is 16.3 Å². The summed E-state index contributed by atoms with van der Waals surface area (Å²) in [6.45, 7) is 1.79. The molecule has 0 saturated heterocycles. The van der Waals surface area contributed by atoms with Gasteiger partial charge < -0.3 is 9.84 Å². The van der Waals surface area contributed by atoms with Gasteiger partial charge in [-0.2, -0.15) is 8.42 Å². The maximum atomic E-state index is 10.9. The predicted molar refractivity (Wildman–Crippen MR) is 108 cm³/mol. The van der Waals surface area contributed by atoms with Crippen molar-refractivity contribution in [2.45, 2.75) is 24.5 Å². The van der Waals surface area contributed by atoms with Crippen LogP contribution in [0.4, 0.5) is 0 Å². The van der Waals surface area contributed by atoms with Crippen LogP contribution in [0.15, 0.2) is 59.5 Å². The number of hydrogen-bond acceptors (Lipinski definition) is 6. The van der Waals surface area contributed by atoms with Crippen LogP contribution in [0, 0.1) is 11.8 Å². The van der Waals surface area contributed by atoms with Crippen molar-refractivity contribution >= 4 is 21.9 Å². The number of aromatic hydroxyl groups is 1. The first-order valence-corrected chi connectivity index (χ1v) is 11.2. The van der Waals surface area contributed by atoms with Crippen molar-refractivity contribution in [1.82, 2.24) is 0 Å². The topological polar surface area (TPSA) is 110 Å². The number of para-hydroxylation sites is 2. The van der Waals surface area contributed by atoms with Gasteiger partial charge in [0.05, 0.1) is 5.75 Å². The second-order valence-electron chi connectivity index (χ2n) is 6.53. The van der Waals surface area contributed by atoms with E-state index in [0.29, 0.717) is 12.2 Å². The Hall–Kier alpha value is -1.74. The Morgan fingerprint density at radius 1 is 1.19 bits per heavy atom. The van der Waals surface area contributed by atoms with Crippen molar-refractivity contribution in [2.24, 2.45) is 17.6 Å². The largest absolute Gasteiger partial charge is 0.508 e. The zero-order chi connectivity index (χ0) is 19.9. The fraction of sp³-hybridized carbons (Fsp3) is 0.368. The molecule has 1 aliphatic heterocycles. The lowest BCUT2D eigenvalue weighted by Gasteiger charge is -2.23. The highest BCUT2D eigenvalue weighted by atomic mass is 32.2. The molecule has 2 aromatic rings. The van der Waals surface area contributed by atoms with Gasteiger partial charge in [0.15, 0.2) is 6.23 Å². The third kappa shape index (κ3) is 7.80. The molecule has 0 saturated carbocycles. The molecule has 0 fully saturated rings. The van der Waals surface area contributed by atoms with Crippen LogP contribution < -0.4 is 10.5 Å². The Labute approximate surface area is 164 Å². The van der Waals surface area contributed by atoms with Crippen molar-refractivity contribution in [1.29, 1.82) is 0 Å². The van der Waals surface area contributed by atoms with Gasteiger partial charge in [-0.3, -0.25) is 10.3 Å². The van der Waals surface area contributed by atoms with Gasteiger partial charge in [0, 0.05) is 16.6 Å². The van der Waals surface area contributed by atoms with Crippen LogP contribution in [0.5, 0.6) is 11.5 Å². The van der Waals surface area contributed by atoms with Gasteiger partial charge in [-0.1, -0.05) is 37.3 Å². The smallest absolute Gasteiger partial charge is 0.265 e. The Balaban J connectivity index is 0.000000313. The highest BCUT2D eigenvalue weighted by Gasteiger charge is 2.27. The molecule has 1 heterocycles. The standard InChI is InChI=1S/C13H19NO4S2.C6H6O/c1-9(8-20(15,16)17)6-10-7-19-12-5-3-2-4-11(12)18-13(10)14;7-6-4-2-1-3-5-6/h2-5,9-10,13H,6-8,14H2,1H3,(H,15,16,17);1-5,7H. The Morgan fingerprint density at radius 3 is 2.41 bits per heavy atom. The molecule has 2 aromatic carbocycles. The molecule has 4 N–H and O–H groups in total. The third-order valence-corrected chi connectivity index (χ3v) is 6.22. The number of ether oxygens (including phenoxy) is 1. The van der Waals surface area contributed by atoms with Gasteiger partial charge in [-0.15, -0.1) is 11.8 Å². The maximum Gasteiger partial charge on any atom is 0.265 e. The van der Waals surface area contributed by atoms with E-state index in [9.17, 15) is 8.42 Å². The quantitative estimate of drug-likeness (QED) is 0.662. The van der Waals surface area contributed by atoms with E-state index in [-0.39, 0.29) is 17.6 Å². The average Bonchev–Trinajstić information content (AvgIpc) is 2.74. The Bertz CT molecular complexity index is 814. The molecule has 3 atom stereocenters. The normalized spacial score (nSPS) is 20.3. The predicted octanol–water partition coefficient (Wildman–Crippen LogP) is 3.38. The number of thioether (sulfide) groups is 1. The first-order chi connectivity index (χ1) is 12.7. The van der Waals surface area contributed by atoms with Crippen molar-refractivity contribution in [3.05, 3.63) is 54.6 Å². The van der Waals surface area contributed by atoms with E-state index >= 15 is 0 Å². The number of phenols is 1. The first-order valence-electron chi connectivity index (χ1n) is 8.58. The van der Waals surface area contributed by atoms with Crippen LogP contribution in [0.2, 0.25) is 0 Å². The van der Waals surface area contributed by atoms with Gasteiger partial charge in [-0.25, -0.2) is 0 Å². The molecule has 0 bridgehead atoms. The number of benzene rings is 2. The molecule has 6 nitrogen and oxygen atoms in total. The van der Waals surface area contributed by atoms with Crippen molar-refractivity contribution < 1.29 is 22.8 Å². The molecule has 148 valence electrons. The van der Waals surface area contributed by atoms with Gasteiger partial charge in [0.2, 0.25) is 0 Å². The van der Waals surface area contributed by atoms with Crippen molar-refractivity contribution in [3.63, 3.8) is 0 Å². The zero-order valence-electron chi connectivity index (χ0n) is 15.1. The van der Waals surface area contributed by atoms with Gasteiger partial charge in [0.25, 0.3) is 10.1 Å². The second-order valence-corrected chi connectivity index (χ2v) is 9.08. The third-order valence-electron chi connectivity index (χ3n) is 3.99. The zero-order valence-corrected chi connectivity index (χ0v) is 16.7. The SMILES string of the molecule is CC(CC1CSc2ccccc2OC1N)CS(=O)(=O)O.Oc1ccccc1. The summed E-state index contributed by atoms with van der Waals surface area (Å²) in [7, 11) is -3.94. The highest BCUT2D eigenvalue weighted by Crippen LogP contribution is 2.36. The molecule has 0 amide bonds. The summed E-state index contributed by atoms with van der Waals surface area (Å²) in [5, 5.41) is 8.63. The molecule has 3 rings (SSSR count). The van der Waals surface area contributed by atoms with Gasteiger partial charge >= 0.3 is 0 Å². The summed E-state index contributed by atoms with van der Waals surface area (Å²) in [5.74, 6) is 1.51. The summed E-state index contributed by atoms with van der Waals surface area (Å²) < 4.78 is 36.4. The van der Waals surface area contributed by atoms with E-state index in [4.69, 9.17) is 20.1 Å². The maximum absolute atomic E-state index is 10.9. The van der Waals surface area contributed by atoms with Crippen LogP contribution in [0.3, 0.4) is 0 Å². The average molecular weight is 412 g/mol. The summed E-state index contributed by atoms with van der Waals surface area (Å²) in [6.07, 6.45) is 0.136. The Kier molecular flexibility index (Phi) is 7.97. The molecular weight excluding hydrogens is 386 g/mol. The fourth-order valence-electron chi connectivity index (χ4n) is 2.78. The lowest BCUT2D eigenvalue weighted by atomic mass is 9.97. The summed E-state index contributed by atoms with van der Waals surface area (Å²) in [5.41, 5.74) is 6.06. The molecule has 0 spiro atoms. The van der Waals surface area contributed by atoms with Gasteiger partial charge in [-0.05, 0) is 36.6 Å². The highest BCUT2D eigenvalue weighted by molar-refractivity contribution is 7.99. The number of hydrogen-bond donors (Lipinski definition) is 3. The van der Waals surface area contributed by atoms with E-state index in [2.05, 4.69) is 0 Å². The van der Waals surface area contributed by atoms with Crippen molar-refractivity contribution in [2.75, 3.05) is 11.5 Å². The minimum atomic E-state index is -3.94. The summed E-state index contributed by atoms with van der Waals surface area (Å²) in [4.78, 5) is 1.05. The molecule has 0 aliphatic carbocycles. The van der Waals surface area contributed by atoms with Crippen LogP contribution in [0.1, 0.15) is 13.3 Å². The number of phenolic OH excluding ortho intramolecular Hbond substituents is 1. The van der Waals surface area contributed by atoms with E-state index in [1.54, 1.807) is 43.0 Å². The molecule has 0 aromatic heterocycles. The molecule has 0 radical (unpaired) electrons. The molecule has 1 aliphatic rings. The molecular formula is C19H25NO5S2. The molecule has 8 heteroatoms. The lowest BCUT2D eigenvalue weighted by Crippen LogP contribution is -2.37.